The van der Waals surface area contributed by atoms with E-state index in [9.17, 15) is 18.0 Å². The van der Waals surface area contributed by atoms with Crippen LogP contribution in [0.1, 0.15) is 27.0 Å². The maximum atomic E-state index is 12.8. The molecule has 0 bridgehead atoms. The number of carbonyl (C=O) groups excluding carboxylic acids is 1. The van der Waals surface area contributed by atoms with Crippen LogP contribution in [0.3, 0.4) is 0 Å². The second-order valence-electron chi connectivity index (χ2n) is 6.18. The van der Waals surface area contributed by atoms with E-state index in [4.69, 9.17) is 4.74 Å². The van der Waals surface area contributed by atoms with Gasteiger partial charge < -0.3 is 10.1 Å². The Morgan fingerprint density at radius 3 is 2.32 bits per heavy atom. The predicted octanol–water partition coefficient (Wildman–Crippen LogP) is 5.21. The fourth-order valence-corrected chi connectivity index (χ4v) is 2.61. The standard InChI is InChI=1S/C22H18F3NO2/c23-22(24,25)19-10-4-8-17(12-19)14-26-21(27)18-9-5-11-20(13-18)28-15-16-6-2-1-3-7-16/h1-13H,14-15H2,(H,26,27). The van der Waals surface area contributed by atoms with Crippen molar-refractivity contribution in [2.24, 2.45) is 0 Å². The van der Waals surface area contributed by atoms with Gasteiger partial charge in [-0.15, -0.1) is 0 Å². The highest BCUT2D eigenvalue weighted by Gasteiger charge is 2.30. The second kappa shape index (κ2) is 8.61. The lowest BCUT2D eigenvalue weighted by molar-refractivity contribution is -0.137. The van der Waals surface area contributed by atoms with Crippen molar-refractivity contribution in [3.05, 3.63) is 101 Å². The number of amides is 1. The first kappa shape index (κ1) is 19.5. The Bertz CT molecular complexity index is 940. The minimum absolute atomic E-state index is 0.00213. The van der Waals surface area contributed by atoms with E-state index < -0.39 is 11.7 Å². The van der Waals surface area contributed by atoms with E-state index in [0.717, 1.165) is 17.7 Å². The van der Waals surface area contributed by atoms with Crippen LogP contribution in [0, 0.1) is 0 Å². The van der Waals surface area contributed by atoms with Crippen molar-refractivity contribution in [3.63, 3.8) is 0 Å². The summed E-state index contributed by atoms with van der Waals surface area (Å²) in [6.45, 7) is 0.369. The van der Waals surface area contributed by atoms with Gasteiger partial charge in [0.15, 0.2) is 0 Å². The highest BCUT2D eigenvalue weighted by atomic mass is 19.4. The lowest BCUT2D eigenvalue weighted by Crippen LogP contribution is -2.23. The molecule has 0 fully saturated rings. The molecule has 0 saturated carbocycles. The molecule has 28 heavy (non-hydrogen) atoms. The van der Waals surface area contributed by atoms with Gasteiger partial charge in [-0.1, -0.05) is 48.5 Å². The molecule has 144 valence electrons. The van der Waals surface area contributed by atoms with Gasteiger partial charge in [0.2, 0.25) is 0 Å². The third-order valence-corrected chi connectivity index (χ3v) is 4.05. The Morgan fingerprint density at radius 2 is 1.57 bits per heavy atom. The number of hydrogen-bond acceptors (Lipinski definition) is 2. The van der Waals surface area contributed by atoms with Gasteiger partial charge in [0, 0.05) is 12.1 Å². The third-order valence-electron chi connectivity index (χ3n) is 4.05. The fourth-order valence-electron chi connectivity index (χ4n) is 2.61. The van der Waals surface area contributed by atoms with Crippen LogP contribution in [0.25, 0.3) is 0 Å². The average molecular weight is 385 g/mol. The molecule has 0 unspecified atom stereocenters. The van der Waals surface area contributed by atoms with Crippen molar-refractivity contribution in [3.8, 4) is 5.75 Å². The molecular weight excluding hydrogens is 367 g/mol. The number of hydrogen-bond donors (Lipinski definition) is 1. The van der Waals surface area contributed by atoms with Crippen LogP contribution in [0.4, 0.5) is 13.2 Å². The molecule has 0 spiro atoms. The second-order valence-corrected chi connectivity index (χ2v) is 6.18. The number of alkyl halides is 3. The van der Waals surface area contributed by atoms with Crippen LogP contribution in [0.5, 0.6) is 5.75 Å². The van der Waals surface area contributed by atoms with Crippen molar-refractivity contribution < 1.29 is 22.7 Å². The van der Waals surface area contributed by atoms with E-state index in [0.29, 0.717) is 23.5 Å². The summed E-state index contributed by atoms with van der Waals surface area (Å²) < 4.78 is 44.0. The summed E-state index contributed by atoms with van der Waals surface area (Å²) in [5, 5.41) is 2.63. The van der Waals surface area contributed by atoms with E-state index in [2.05, 4.69) is 5.32 Å². The number of rotatable bonds is 6. The SMILES string of the molecule is O=C(NCc1cccc(C(F)(F)F)c1)c1cccc(OCc2ccccc2)c1. The Labute approximate surface area is 160 Å². The largest absolute Gasteiger partial charge is 0.489 e. The van der Waals surface area contributed by atoms with Gasteiger partial charge in [-0.2, -0.15) is 13.2 Å². The molecule has 3 aromatic carbocycles. The summed E-state index contributed by atoms with van der Waals surface area (Å²) >= 11 is 0. The molecule has 0 heterocycles. The molecule has 3 nitrogen and oxygen atoms in total. The molecule has 3 rings (SSSR count). The molecule has 6 heteroatoms. The van der Waals surface area contributed by atoms with Crippen molar-refractivity contribution in [2.75, 3.05) is 0 Å². The zero-order chi connectivity index (χ0) is 20.0. The molecule has 0 aliphatic heterocycles. The Hall–Kier alpha value is -3.28. The van der Waals surface area contributed by atoms with Gasteiger partial charge in [0.1, 0.15) is 12.4 Å². The number of ether oxygens (including phenoxy) is 1. The van der Waals surface area contributed by atoms with Gasteiger partial charge in [0.05, 0.1) is 5.56 Å². The lowest BCUT2D eigenvalue weighted by atomic mass is 10.1. The zero-order valence-corrected chi connectivity index (χ0v) is 14.9. The van der Waals surface area contributed by atoms with Crippen molar-refractivity contribution in [1.29, 1.82) is 0 Å². The molecule has 0 radical (unpaired) electrons. The van der Waals surface area contributed by atoms with Crippen LogP contribution in [-0.4, -0.2) is 5.91 Å². The molecule has 0 atom stereocenters. The quantitative estimate of drug-likeness (QED) is 0.632. The average Bonchev–Trinajstić information content (AvgIpc) is 2.71. The highest BCUT2D eigenvalue weighted by Crippen LogP contribution is 2.29. The Morgan fingerprint density at radius 1 is 0.857 bits per heavy atom. The first-order valence-corrected chi connectivity index (χ1v) is 8.63. The van der Waals surface area contributed by atoms with E-state index in [-0.39, 0.29) is 12.5 Å². The molecular formula is C22H18F3NO2. The maximum absolute atomic E-state index is 12.8. The van der Waals surface area contributed by atoms with Crippen LogP contribution >= 0.6 is 0 Å². The minimum Gasteiger partial charge on any atom is -0.489 e. The van der Waals surface area contributed by atoms with Gasteiger partial charge in [-0.05, 0) is 41.5 Å². The fraction of sp³-hybridized carbons (Fsp3) is 0.136. The van der Waals surface area contributed by atoms with Gasteiger partial charge in [-0.25, -0.2) is 0 Å². The molecule has 0 aliphatic rings. The molecule has 1 amide bonds. The molecule has 1 N–H and O–H groups in total. The lowest BCUT2D eigenvalue weighted by Gasteiger charge is -2.11. The van der Waals surface area contributed by atoms with Crippen molar-refractivity contribution in [1.82, 2.24) is 5.32 Å². The summed E-state index contributed by atoms with van der Waals surface area (Å²) in [5.74, 6) is 0.151. The van der Waals surface area contributed by atoms with E-state index in [1.807, 2.05) is 30.3 Å². The topological polar surface area (TPSA) is 38.3 Å². The monoisotopic (exact) mass is 385 g/mol. The van der Waals surface area contributed by atoms with Gasteiger partial charge >= 0.3 is 6.18 Å². The summed E-state index contributed by atoms with van der Waals surface area (Å²) in [4.78, 5) is 12.3. The first-order chi connectivity index (χ1) is 13.4. The van der Waals surface area contributed by atoms with Crippen LogP contribution in [0.2, 0.25) is 0 Å². The smallest absolute Gasteiger partial charge is 0.416 e. The summed E-state index contributed by atoms with van der Waals surface area (Å²) in [5.41, 5.74) is 1.01. The summed E-state index contributed by atoms with van der Waals surface area (Å²) in [6, 6.07) is 21.2. The molecule has 0 aliphatic carbocycles. The Balaban J connectivity index is 1.60. The Kier molecular flexibility index (Phi) is 5.99. The van der Waals surface area contributed by atoms with Crippen LogP contribution < -0.4 is 10.1 Å². The summed E-state index contributed by atoms with van der Waals surface area (Å²) in [7, 11) is 0. The van der Waals surface area contributed by atoms with Crippen molar-refractivity contribution in [2.45, 2.75) is 19.3 Å². The van der Waals surface area contributed by atoms with E-state index >= 15 is 0 Å². The van der Waals surface area contributed by atoms with Gasteiger partial charge in [-0.3, -0.25) is 4.79 Å². The van der Waals surface area contributed by atoms with E-state index in [1.54, 1.807) is 24.3 Å². The van der Waals surface area contributed by atoms with Gasteiger partial charge in [0.25, 0.3) is 5.91 Å². The highest BCUT2D eigenvalue weighted by molar-refractivity contribution is 5.94. The molecule has 3 aromatic rings. The van der Waals surface area contributed by atoms with Crippen molar-refractivity contribution >= 4 is 5.91 Å². The summed E-state index contributed by atoms with van der Waals surface area (Å²) in [6.07, 6.45) is -4.41. The van der Waals surface area contributed by atoms with Crippen LogP contribution in [-0.2, 0) is 19.3 Å². The molecule has 0 aromatic heterocycles. The number of halogens is 3. The minimum atomic E-state index is -4.41. The first-order valence-electron chi connectivity index (χ1n) is 8.63. The zero-order valence-electron chi connectivity index (χ0n) is 14.9. The maximum Gasteiger partial charge on any atom is 0.416 e. The number of carbonyl (C=O) groups is 1. The third kappa shape index (κ3) is 5.36. The predicted molar refractivity (Wildman–Crippen MR) is 99.8 cm³/mol. The molecule has 0 saturated heterocycles. The van der Waals surface area contributed by atoms with Crippen LogP contribution in [0.15, 0.2) is 78.9 Å². The normalized spacial score (nSPS) is 11.1. The van der Waals surface area contributed by atoms with E-state index in [1.165, 1.54) is 12.1 Å². The number of nitrogens with one attached hydrogen (secondary N) is 1. The number of benzene rings is 3.